The summed E-state index contributed by atoms with van der Waals surface area (Å²) in [6, 6.07) is 4.89. The van der Waals surface area contributed by atoms with Gasteiger partial charge >= 0.3 is 0 Å². The third-order valence-corrected chi connectivity index (χ3v) is 6.05. The molecule has 146 valence electrons. The van der Waals surface area contributed by atoms with Gasteiger partial charge in [-0.05, 0) is 37.1 Å². The molecule has 2 aromatic heterocycles. The maximum absolute atomic E-state index is 13.4. The summed E-state index contributed by atoms with van der Waals surface area (Å²) in [5, 5.41) is 3.87. The van der Waals surface area contributed by atoms with E-state index in [1.807, 2.05) is 24.6 Å². The Morgan fingerprint density at radius 1 is 1.43 bits per heavy atom. The highest BCUT2D eigenvalue weighted by Gasteiger charge is 2.18. The lowest BCUT2D eigenvalue weighted by molar-refractivity contribution is -0.116. The number of halogens is 1. The SMILES string of the molecule is CCN(C(C)=O)c1nc(CN2CC=C(c3c[nH]c4cc(F)ccc34)CC2)cs1. The predicted octanol–water partition coefficient (Wildman–Crippen LogP) is 4.43. The molecule has 3 aromatic rings. The largest absolute Gasteiger partial charge is 0.360 e. The molecule has 0 atom stereocenters. The molecule has 0 aliphatic carbocycles. The van der Waals surface area contributed by atoms with E-state index in [-0.39, 0.29) is 11.7 Å². The Morgan fingerprint density at radius 2 is 2.29 bits per heavy atom. The summed E-state index contributed by atoms with van der Waals surface area (Å²) >= 11 is 1.52. The third kappa shape index (κ3) is 3.72. The molecule has 0 unspecified atom stereocenters. The van der Waals surface area contributed by atoms with Crippen LogP contribution in [-0.4, -0.2) is 40.4 Å². The van der Waals surface area contributed by atoms with Gasteiger partial charge in [0.2, 0.25) is 5.91 Å². The summed E-state index contributed by atoms with van der Waals surface area (Å²) in [6.07, 6.45) is 5.16. The number of hydrogen-bond donors (Lipinski definition) is 1. The number of carbonyl (C=O) groups excluding carboxylic acids is 1. The molecule has 0 saturated heterocycles. The van der Waals surface area contributed by atoms with Crippen LogP contribution in [0.3, 0.4) is 0 Å². The molecule has 1 amide bonds. The topological polar surface area (TPSA) is 52.2 Å². The number of amides is 1. The normalized spacial score (nSPS) is 15.0. The smallest absolute Gasteiger partial charge is 0.225 e. The number of thiazole rings is 1. The summed E-state index contributed by atoms with van der Waals surface area (Å²) in [5.74, 6) is -0.202. The molecule has 7 heteroatoms. The van der Waals surface area contributed by atoms with Crippen molar-refractivity contribution in [3.05, 3.63) is 52.9 Å². The van der Waals surface area contributed by atoms with Gasteiger partial charge in [-0.1, -0.05) is 6.08 Å². The Bertz CT molecular complexity index is 1040. The van der Waals surface area contributed by atoms with Gasteiger partial charge in [-0.25, -0.2) is 9.37 Å². The van der Waals surface area contributed by atoms with E-state index < -0.39 is 0 Å². The van der Waals surface area contributed by atoms with Crippen LogP contribution in [0.5, 0.6) is 0 Å². The van der Waals surface area contributed by atoms with Crippen LogP contribution in [-0.2, 0) is 11.3 Å². The second kappa shape index (κ2) is 7.85. The van der Waals surface area contributed by atoms with Crippen LogP contribution >= 0.6 is 11.3 Å². The first-order chi connectivity index (χ1) is 13.5. The first-order valence-corrected chi connectivity index (χ1v) is 10.3. The molecule has 1 aliphatic heterocycles. The lowest BCUT2D eigenvalue weighted by Crippen LogP contribution is -2.29. The Morgan fingerprint density at radius 3 is 3.00 bits per heavy atom. The first-order valence-electron chi connectivity index (χ1n) is 9.46. The van der Waals surface area contributed by atoms with E-state index in [1.54, 1.807) is 11.8 Å². The van der Waals surface area contributed by atoms with Crippen molar-refractivity contribution in [3.8, 4) is 0 Å². The summed E-state index contributed by atoms with van der Waals surface area (Å²) in [6.45, 7) is 6.72. The van der Waals surface area contributed by atoms with Crippen molar-refractivity contribution >= 4 is 38.9 Å². The zero-order chi connectivity index (χ0) is 19.7. The molecule has 5 nitrogen and oxygen atoms in total. The molecule has 0 spiro atoms. The maximum Gasteiger partial charge on any atom is 0.225 e. The van der Waals surface area contributed by atoms with Crippen molar-refractivity contribution in [2.45, 2.75) is 26.8 Å². The average molecular weight is 399 g/mol. The second-order valence-corrected chi connectivity index (χ2v) is 7.83. The Balaban J connectivity index is 1.44. The van der Waals surface area contributed by atoms with Gasteiger partial charge < -0.3 is 4.98 Å². The summed E-state index contributed by atoms with van der Waals surface area (Å²) < 4.78 is 13.4. The summed E-state index contributed by atoms with van der Waals surface area (Å²) in [5.41, 5.74) is 4.28. The molecule has 1 aromatic carbocycles. The number of nitrogens with one attached hydrogen (secondary N) is 1. The van der Waals surface area contributed by atoms with Crippen molar-refractivity contribution in [1.29, 1.82) is 0 Å². The molecule has 3 heterocycles. The number of hydrogen-bond acceptors (Lipinski definition) is 4. The van der Waals surface area contributed by atoms with Gasteiger partial charge in [0.25, 0.3) is 0 Å². The minimum Gasteiger partial charge on any atom is -0.360 e. The van der Waals surface area contributed by atoms with E-state index in [9.17, 15) is 9.18 Å². The fraction of sp³-hybridized carbons (Fsp3) is 0.333. The summed E-state index contributed by atoms with van der Waals surface area (Å²) in [7, 11) is 0. The minimum absolute atomic E-state index is 0.0209. The van der Waals surface area contributed by atoms with Crippen LogP contribution < -0.4 is 4.90 Å². The highest BCUT2D eigenvalue weighted by molar-refractivity contribution is 7.14. The third-order valence-electron chi connectivity index (χ3n) is 5.14. The molecule has 0 bridgehead atoms. The van der Waals surface area contributed by atoms with Crippen molar-refractivity contribution in [2.75, 3.05) is 24.5 Å². The molecular weight excluding hydrogens is 375 g/mol. The number of H-pyrrole nitrogens is 1. The fourth-order valence-corrected chi connectivity index (χ4v) is 4.60. The van der Waals surface area contributed by atoms with Gasteiger partial charge in [0, 0.05) is 61.1 Å². The van der Waals surface area contributed by atoms with Crippen LogP contribution in [0.1, 0.15) is 31.5 Å². The van der Waals surface area contributed by atoms with E-state index in [2.05, 4.69) is 20.9 Å². The van der Waals surface area contributed by atoms with Crippen molar-refractivity contribution in [3.63, 3.8) is 0 Å². The van der Waals surface area contributed by atoms with Gasteiger partial charge in [-0.15, -0.1) is 11.3 Å². The van der Waals surface area contributed by atoms with Gasteiger partial charge in [-0.3, -0.25) is 14.6 Å². The van der Waals surface area contributed by atoms with Crippen molar-refractivity contribution in [1.82, 2.24) is 14.9 Å². The van der Waals surface area contributed by atoms with E-state index >= 15 is 0 Å². The predicted molar refractivity (Wildman–Crippen MR) is 112 cm³/mol. The van der Waals surface area contributed by atoms with Gasteiger partial charge in [-0.2, -0.15) is 0 Å². The zero-order valence-electron chi connectivity index (χ0n) is 16.0. The molecule has 0 saturated carbocycles. The molecule has 0 fully saturated rings. The van der Waals surface area contributed by atoms with Gasteiger partial charge in [0.15, 0.2) is 5.13 Å². The monoisotopic (exact) mass is 398 g/mol. The molecule has 4 rings (SSSR count). The highest BCUT2D eigenvalue weighted by atomic mass is 32.1. The highest BCUT2D eigenvalue weighted by Crippen LogP contribution is 2.30. The van der Waals surface area contributed by atoms with Gasteiger partial charge in [0.1, 0.15) is 5.82 Å². The molecule has 28 heavy (non-hydrogen) atoms. The standard InChI is InChI=1S/C21H23FN4OS/c1-3-26(14(2)27)21-24-17(13-28-21)12-25-8-6-15(7-9-25)19-11-23-20-10-16(22)4-5-18(19)20/h4-6,10-11,13,23H,3,7-9,12H2,1-2H3. The van der Waals surface area contributed by atoms with Gasteiger partial charge in [0.05, 0.1) is 5.69 Å². The molecule has 0 radical (unpaired) electrons. The van der Waals surface area contributed by atoms with Crippen LogP contribution in [0.15, 0.2) is 35.9 Å². The lowest BCUT2D eigenvalue weighted by atomic mass is 9.99. The van der Waals surface area contributed by atoms with E-state index in [1.165, 1.54) is 29.0 Å². The van der Waals surface area contributed by atoms with Crippen LogP contribution in [0.4, 0.5) is 9.52 Å². The van der Waals surface area contributed by atoms with Crippen LogP contribution in [0.2, 0.25) is 0 Å². The number of rotatable bonds is 5. The number of carbonyl (C=O) groups is 1. The number of aromatic nitrogens is 2. The van der Waals surface area contributed by atoms with Crippen LogP contribution in [0.25, 0.3) is 16.5 Å². The number of nitrogens with zero attached hydrogens (tertiary/aromatic N) is 3. The van der Waals surface area contributed by atoms with E-state index in [4.69, 9.17) is 0 Å². The van der Waals surface area contributed by atoms with E-state index in [0.29, 0.717) is 6.54 Å². The van der Waals surface area contributed by atoms with Crippen LogP contribution in [0, 0.1) is 5.82 Å². The second-order valence-electron chi connectivity index (χ2n) is 6.99. The zero-order valence-corrected chi connectivity index (χ0v) is 16.9. The fourth-order valence-electron chi connectivity index (χ4n) is 3.68. The molecular formula is C21H23FN4OS. The number of benzene rings is 1. The summed E-state index contributed by atoms with van der Waals surface area (Å²) in [4.78, 5) is 23.5. The lowest BCUT2D eigenvalue weighted by Gasteiger charge is -2.25. The number of fused-ring (bicyclic) bond motifs is 1. The quantitative estimate of drug-likeness (QED) is 0.692. The van der Waals surface area contributed by atoms with E-state index in [0.717, 1.165) is 53.3 Å². The minimum atomic E-state index is -0.223. The Labute approximate surface area is 167 Å². The number of aromatic amines is 1. The average Bonchev–Trinajstić information content (AvgIpc) is 3.29. The first kappa shape index (κ1) is 18.8. The number of anilines is 1. The van der Waals surface area contributed by atoms with Crippen molar-refractivity contribution in [2.24, 2.45) is 0 Å². The Kier molecular flexibility index (Phi) is 5.28. The van der Waals surface area contributed by atoms with Crippen molar-refractivity contribution < 1.29 is 9.18 Å². The molecule has 1 N–H and O–H groups in total. The maximum atomic E-state index is 13.4. The Hall–Kier alpha value is -2.51. The molecule has 1 aliphatic rings.